The molecule has 1 saturated carbocycles. The van der Waals surface area contributed by atoms with Gasteiger partial charge in [0.2, 0.25) is 0 Å². The molecule has 1 N–H and O–H groups in total. The second kappa shape index (κ2) is 5.14. The monoisotopic (exact) mass is 171 g/mol. The molecular weight excluding hydrogens is 154 g/mol. The van der Waals surface area contributed by atoms with E-state index in [2.05, 4.69) is 5.48 Å². The smallest absolute Gasteiger partial charge is 0.324 e. The van der Waals surface area contributed by atoms with Gasteiger partial charge in [-0.1, -0.05) is 19.8 Å². The van der Waals surface area contributed by atoms with Gasteiger partial charge in [-0.2, -0.15) is 5.48 Å². The lowest BCUT2D eigenvalue weighted by atomic mass is 10.3. The second-order valence-electron chi connectivity index (χ2n) is 3.32. The molecule has 0 saturated heterocycles. The van der Waals surface area contributed by atoms with Crippen LogP contribution in [0, 0.1) is 0 Å². The summed E-state index contributed by atoms with van der Waals surface area (Å²) in [7, 11) is 0. The van der Waals surface area contributed by atoms with Crippen molar-refractivity contribution in [2.75, 3.05) is 0 Å². The molecule has 0 bridgehead atoms. The third-order valence-corrected chi connectivity index (χ3v) is 2.15. The van der Waals surface area contributed by atoms with E-state index < -0.39 is 0 Å². The van der Waals surface area contributed by atoms with Gasteiger partial charge in [-0.15, -0.1) is 0 Å². The SMILES string of the molecule is CCCC(=O)ONC1CCCC1. The maximum Gasteiger partial charge on any atom is 0.324 e. The number of hydrogen-bond donors (Lipinski definition) is 1. The first kappa shape index (κ1) is 9.52. The van der Waals surface area contributed by atoms with E-state index >= 15 is 0 Å². The second-order valence-corrected chi connectivity index (χ2v) is 3.32. The molecule has 3 heteroatoms. The molecule has 3 nitrogen and oxygen atoms in total. The zero-order valence-electron chi connectivity index (χ0n) is 7.64. The van der Waals surface area contributed by atoms with Crippen LogP contribution in [-0.2, 0) is 9.63 Å². The molecule has 0 aromatic heterocycles. The summed E-state index contributed by atoms with van der Waals surface area (Å²) in [5.74, 6) is -0.135. The minimum absolute atomic E-state index is 0.135. The average molecular weight is 171 g/mol. The minimum atomic E-state index is -0.135. The molecule has 70 valence electrons. The van der Waals surface area contributed by atoms with Crippen molar-refractivity contribution >= 4 is 5.97 Å². The Labute approximate surface area is 73.4 Å². The Morgan fingerprint density at radius 3 is 2.75 bits per heavy atom. The third kappa shape index (κ3) is 3.22. The molecule has 0 radical (unpaired) electrons. The van der Waals surface area contributed by atoms with Crippen LogP contribution in [0.5, 0.6) is 0 Å². The highest BCUT2D eigenvalue weighted by molar-refractivity contribution is 5.68. The average Bonchev–Trinajstić information content (AvgIpc) is 2.53. The van der Waals surface area contributed by atoms with Crippen molar-refractivity contribution in [3.05, 3.63) is 0 Å². The Kier molecular flexibility index (Phi) is 4.08. The lowest BCUT2D eigenvalue weighted by Gasteiger charge is -2.10. The maximum absolute atomic E-state index is 10.9. The predicted molar refractivity (Wildman–Crippen MR) is 46.4 cm³/mol. The Bertz CT molecular complexity index is 141. The summed E-state index contributed by atoms with van der Waals surface area (Å²) in [6.45, 7) is 1.97. The summed E-state index contributed by atoms with van der Waals surface area (Å²) in [5, 5.41) is 0. The molecule has 0 atom stereocenters. The zero-order valence-corrected chi connectivity index (χ0v) is 7.64. The van der Waals surface area contributed by atoms with Gasteiger partial charge in [0.15, 0.2) is 0 Å². The lowest BCUT2D eigenvalue weighted by molar-refractivity contribution is -0.153. The van der Waals surface area contributed by atoms with Crippen LogP contribution in [0.4, 0.5) is 0 Å². The fourth-order valence-electron chi connectivity index (χ4n) is 1.45. The molecule has 1 rings (SSSR count). The molecule has 1 aliphatic rings. The Balaban J connectivity index is 2.03. The van der Waals surface area contributed by atoms with Crippen LogP contribution in [0.1, 0.15) is 45.4 Å². The Hall–Kier alpha value is -0.570. The number of hydroxylamine groups is 1. The maximum atomic E-state index is 10.9. The van der Waals surface area contributed by atoms with Crippen molar-refractivity contribution in [2.24, 2.45) is 0 Å². The molecule has 1 aliphatic carbocycles. The van der Waals surface area contributed by atoms with Gasteiger partial charge in [-0.3, -0.25) is 4.79 Å². The number of nitrogens with one attached hydrogen (secondary N) is 1. The van der Waals surface area contributed by atoms with Crippen molar-refractivity contribution < 1.29 is 9.63 Å². The van der Waals surface area contributed by atoms with Gasteiger partial charge in [-0.05, 0) is 19.3 Å². The van der Waals surface area contributed by atoms with Crippen LogP contribution in [0.25, 0.3) is 0 Å². The van der Waals surface area contributed by atoms with Crippen LogP contribution in [0.2, 0.25) is 0 Å². The van der Waals surface area contributed by atoms with E-state index in [-0.39, 0.29) is 5.97 Å². The first-order chi connectivity index (χ1) is 5.83. The van der Waals surface area contributed by atoms with E-state index in [1.165, 1.54) is 12.8 Å². The molecule has 0 aromatic rings. The predicted octanol–water partition coefficient (Wildman–Crippen LogP) is 1.78. The fourth-order valence-corrected chi connectivity index (χ4v) is 1.45. The van der Waals surface area contributed by atoms with Crippen LogP contribution in [0.15, 0.2) is 0 Å². The summed E-state index contributed by atoms with van der Waals surface area (Å²) in [6.07, 6.45) is 6.15. The Morgan fingerprint density at radius 2 is 2.17 bits per heavy atom. The highest BCUT2D eigenvalue weighted by Crippen LogP contribution is 2.17. The Morgan fingerprint density at radius 1 is 1.50 bits per heavy atom. The van der Waals surface area contributed by atoms with E-state index in [1.807, 2.05) is 6.92 Å². The summed E-state index contributed by atoms with van der Waals surface area (Å²) in [6, 6.07) is 0.408. The van der Waals surface area contributed by atoms with Gasteiger partial charge < -0.3 is 4.84 Å². The summed E-state index contributed by atoms with van der Waals surface area (Å²) in [5.41, 5.74) is 2.82. The van der Waals surface area contributed by atoms with Crippen LogP contribution in [-0.4, -0.2) is 12.0 Å². The van der Waals surface area contributed by atoms with E-state index in [0.29, 0.717) is 12.5 Å². The van der Waals surface area contributed by atoms with Crippen molar-refractivity contribution in [3.8, 4) is 0 Å². The molecule has 0 aliphatic heterocycles. The number of carbonyl (C=O) groups is 1. The summed E-state index contributed by atoms with van der Waals surface area (Å²) in [4.78, 5) is 15.8. The van der Waals surface area contributed by atoms with Gasteiger partial charge in [0, 0.05) is 12.5 Å². The van der Waals surface area contributed by atoms with Crippen LogP contribution < -0.4 is 5.48 Å². The summed E-state index contributed by atoms with van der Waals surface area (Å²) < 4.78 is 0. The number of rotatable bonds is 4. The van der Waals surface area contributed by atoms with Crippen molar-refractivity contribution in [2.45, 2.75) is 51.5 Å². The molecule has 0 heterocycles. The van der Waals surface area contributed by atoms with Crippen LogP contribution >= 0.6 is 0 Å². The lowest BCUT2D eigenvalue weighted by Crippen LogP contribution is -2.28. The van der Waals surface area contributed by atoms with Crippen LogP contribution in [0.3, 0.4) is 0 Å². The first-order valence-corrected chi connectivity index (χ1v) is 4.78. The van der Waals surface area contributed by atoms with E-state index in [9.17, 15) is 4.79 Å². The molecule has 0 aromatic carbocycles. The third-order valence-electron chi connectivity index (χ3n) is 2.15. The first-order valence-electron chi connectivity index (χ1n) is 4.78. The molecule has 0 unspecified atom stereocenters. The van der Waals surface area contributed by atoms with Gasteiger partial charge in [0.05, 0.1) is 0 Å². The van der Waals surface area contributed by atoms with E-state index in [0.717, 1.165) is 19.3 Å². The molecule has 0 amide bonds. The van der Waals surface area contributed by atoms with Crippen molar-refractivity contribution in [1.29, 1.82) is 0 Å². The number of hydrogen-bond acceptors (Lipinski definition) is 3. The van der Waals surface area contributed by atoms with E-state index in [1.54, 1.807) is 0 Å². The fraction of sp³-hybridized carbons (Fsp3) is 0.889. The zero-order chi connectivity index (χ0) is 8.81. The van der Waals surface area contributed by atoms with E-state index in [4.69, 9.17) is 4.84 Å². The number of carbonyl (C=O) groups excluding carboxylic acids is 1. The molecule has 12 heavy (non-hydrogen) atoms. The van der Waals surface area contributed by atoms with Gasteiger partial charge in [0.25, 0.3) is 0 Å². The van der Waals surface area contributed by atoms with Gasteiger partial charge >= 0.3 is 5.97 Å². The molecular formula is C9H17NO2. The molecule has 1 fully saturated rings. The van der Waals surface area contributed by atoms with Gasteiger partial charge in [0.1, 0.15) is 0 Å². The van der Waals surface area contributed by atoms with Crippen molar-refractivity contribution in [3.63, 3.8) is 0 Å². The standard InChI is InChI=1S/C9H17NO2/c1-2-5-9(11)12-10-8-6-3-4-7-8/h8,10H,2-7H2,1H3. The topological polar surface area (TPSA) is 38.3 Å². The minimum Gasteiger partial charge on any atom is -0.370 e. The van der Waals surface area contributed by atoms with Gasteiger partial charge in [-0.25, -0.2) is 0 Å². The molecule has 0 spiro atoms. The quantitative estimate of drug-likeness (QED) is 0.655. The largest absolute Gasteiger partial charge is 0.370 e. The normalized spacial score (nSPS) is 18.1. The highest BCUT2D eigenvalue weighted by atomic mass is 16.7. The van der Waals surface area contributed by atoms with Crippen molar-refractivity contribution in [1.82, 2.24) is 5.48 Å². The highest BCUT2D eigenvalue weighted by Gasteiger charge is 2.15. The summed E-state index contributed by atoms with van der Waals surface area (Å²) >= 11 is 0.